The van der Waals surface area contributed by atoms with Crippen LogP contribution in [0, 0.1) is 0 Å². The molecule has 4 rings (SSSR count). The van der Waals surface area contributed by atoms with Gasteiger partial charge in [0.15, 0.2) is 0 Å². The summed E-state index contributed by atoms with van der Waals surface area (Å²) in [6.45, 7) is 1.60. The van der Waals surface area contributed by atoms with Crippen molar-refractivity contribution in [3.8, 4) is 16.9 Å². The number of nitrogens with one attached hydrogen (secondary N) is 2. The highest BCUT2D eigenvalue weighted by Gasteiger charge is 2.20. The minimum absolute atomic E-state index is 0.0581. The first-order valence-electron chi connectivity index (χ1n) is 8.74. The lowest BCUT2D eigenvalue weighted by Gasteiger charge is -2.13. The minimum atomic E-state index is -3.21. The Morgan fingerprint density at radius 2 is 2.11 bits per heavy atom. The second-order valence-electron chi connectivity index (χ2n) is 6.63. The van der Waals surface area contributed by atoms with E-state index >= 15 is 0 Å². The molecule has 8 heteroatoms. The smallest absolute Gasteiger partial charge is 0.209 e. The van der Waals surface area contributed by atoms with Gasteiger partial charge < -0.3 is 14.5 Å². The SMILES string of the molecule is CS(=O)(=O)NCc1ccc(-c2c[nH]c3nccc(O[C@H]4CCOC4)c23)cc1. The number of pyridine rings is 1. The number of H-pyrrole nitrogens is 1. The molecule has 0 unspecified atom stereocenters. The lowest BCUT2D eigenvalue weighted by molar-refractivity contribution is 0.142. The summed E-state index contributed by atoms with van der Waals surface area (Å²) < 4.78 is 36.5. The van der Waals surface area contributed by atoms with E-state index in [1.807, 2.05) is 36.5 Å². The number of ether oxygens (including phenoxy) is 2. The molecule has 1 aliphatic rings. The van der Waals surface area contributed by atoms with E-state index in [1.165, 1.54) is 0 Å². The van der Waals surface area contributed by atoms with Gasteiger partial charge in [-0.15, -0.1) is 0 Å². The molecule has 2 N–H and O–H groups in total. The fourth-order valence-corrected chi connectivity index (χ4v) is 3.58. The van der Waals surface area contributed by atoms with Gasteiger partial charge in [-0.2, -0.15) is 0 Å². The van der Waals surface area contributed by atoms with Crippen molar-refractivity contribution in [3.05, 3.63) is 48.3 Å². The van der Waals surface area contributed by atoms with Gasteiger partial charge in [-0.05, 0) is 17.2 Å². The monoisotopic (exact) mass is 387 g/mol. The molecule has 27 heavy (non-hydrogen) atoms. The van der Waals surface area contributed by atoms with Crippen molar-refractivity contribution in [3.63, 3.8) is 0 Å². The molecule has 0 amide bonds. The average molecular weight is 387 g/mol. The summed E-state index contributed by atoms with van der Waals surface area (Å²) in [6, 6.07) is 9.64. The molecule has 0 bridgehead atoms. The van der Waals surface area contributed by atoms with Crippen LogP contribution in [0.5, 0.6) is 5.75 Å². The Hall–Kier alpha value is -2.42. The lowest BCUT2D eigenvalue weighted by atomic mass is 10.0. The van der Waals surface area contributed by atoms with Crippen molar-refractivity contribution >= 4 is 21.1 Å². The number of aromatic amines is 1. The topological polar surface area (TPSA) is 93.3 Å². The molecule has 7 nitrogen and oxygen atoms in total. The first-order valence-corrected chi connectivity index (χ1v) is 10.6. The minimum Gasteiger partial charge on any atom is -0.487 e. The molecule has 2 aromatic heterocycles. The van der Waals surface area contributed by atoms with Crippen LogP contribution >= 0.6 is 0 Å². The number of sulfonamides is 1. The first kappa shape index (κ1) is 18.0. The van der Waals surface area contributed by atoms with Crippen LogP contribution < -0.4 is 9.46 Å². The third kappa shape index (κ3) is 4.13. The standard InChI is InChI=1S/C19H21N3O4S/c1-27(23,24)22-10-13-2-4-14(5-3-13)16-11-21-19-18(16)17(6-8-20-19)26-15-7-9-25-12-15/h2-6,8,11,15,22H,7,9-10,12H2,1H3,(H,20,21)/t15-/m0/s1. The molecule has 0 radical (unpaired) electrons. The fraction of sp³-hybridized carbons (Fsp3) is 0.316. The maximum atomic E-state index is 11.2. The van der Waals surface area contributed by atoms with E-state index in [1.54, 1.807) is 6.20 Å². The third-order valence-corrected chi connectivity index (χ3v) is 5.19. The van der Waals surface area contributed by atoms with Crippen molar-refractivity contribution in [2.75, 3.05) is 19.5 Å². The molecule has 3 heterocycles. The van der Waals surface area contributed by atoms with Gasteiger partial charge in [0, 0.05) is 30.9 Å². The summed E-state index contributed by atoms with van der Waals surface area (Å²) in [5, 5.41) is 0.936. The maximum Gasteiger partial charge on any atom is 0.209 e. The summed E-state index contributed by atoms with van der Waals surface area (Å²) >= 11 is 0. The van der Waals surface area contributed by atoms with E-state index in [0.717, 1.165) is 52.8 Å². The van der Waals surface area contributed by atoms with E-state index < -0.39 is 10.0 Å². The Morgan fingerprint density at radius 3 is 2.81 bits per heavy atom. The number of fused-ring (bicyclic) bond motifs is 1. The van der Waals surface area contributed by atoms with Crippen molar-refractivity contribution in [2.45, 2.75) is 19.1 Å². The van der Waals surface area contributed by atoms with Crippen LogP contribution in [0.3, 0.4) is 0 Å². The molecular weight excluding hydrogens is 366 g/mol. The molecule has 1 aliphatic heterocycles. The Kier molecular flexibility index (Phi) is 4.86. The highest BCUT2D eigenvalue weighted by molar-refractivity contribution is 7.88. The summed E-state index contributed by atoms with van der Waals surface area (Å²) in [5.74, 6) is 0.787. The van der Waals surface area contributed by atoms with E-state index in [2.05, 4.69) is 14.7 Å². The van der Waals surface area contributed by atoms with E-state index in [0.29, 0.717) is 6.61 Å². The van der Waals surface area contributed by atoms with Crippen LogP contribution in [0.15, 0.2) is 42.7 Å². The normalized spacial score (nSPS) is 17.4. The van der Waals surface area contributed by atoms with Crippen LogP contribution in [0.25, 0.3) is 22.2 Å². The maximum absolute atomic E-state index is 11.2. The molecule has 1 aromatic carbocycles. The summed E-state index contributed by atoms with van der Waals surface area (Å²) in [4.78, 5) is 7.59. The van der Waals surface area contributed by atoms with Gasteiger partial charge in [-0.3, -0.25) is 0 Å². The Bertz CT molecular complexity index is 1040. The van der Waals surface area contributed by atoms with Crippen LogP contribution in [0.4, 0.5) is 0 Å². The summed E-state index contributed by atoms with van der Waals surface area (Å²) in [5.41, 5.74) is 3.66. The van der Waals surface area contributed by atoms with Crippen molar-refractivity contribution < 1.29 is 17.9 Å². The zero-order valence-electron chi connectivity index (χ0n) is 14.9. The molecule has 0 saturated carbocycles. The van der Waals surface area contributed by atoms with Gasteiger partial charge in [0.05, 0.1) is 24.9 Å². The molecule has 0 aliphatic carbocycles. The second kappa shape index (κ2) is 7.30. The van der Waals surface area contributed by atoms with Crippen molar-refractivity contribution in [1.82, 2.24) is 14.7 Å². The predicted molar refractivity (Wildman–Crippen MR) is 103 cm³/mol. The number of benzene rings is 1. The van der Waals surface area contributed by atoms with Crippen molar-refractivity contribution in [1.29, 1.82) is 0 Å². The highest BCUT2D eigenvalue weighted by atomic mass is 32.2. The highest BCUT2D eigenvalue weighted by Crippen LogP contribution is 2.35. The molecule has 1 atom stereocenters. The van der Waals surface area contributed by atoms with Crippen LogP contribution in [-0.2, 0) is 21.3 Å². The van der Waals surface area contributed by atoms with Gasteiger partial charge in [-0.1, -0.05) is 24.3 Å². The lowest BCUT2D eigenvalue weighted by Crippen LogP contribution is -2.21. The average Bonchev–Trinajstić information content (AvgIpc) is 3.30. The third-order valence-electron chi connectivity index (χ3n) is 4.52. The number of nitrogens with zero attached hydrogens (tertiary/aromatic N) is 1. The zero-order valence-corrected chi connectivity index (χ0v) is 15.8. The van der Waals surface area contributed by atoms with Gasteiger partial charge in [-0.25, -0.2) is 18.1 Å². The van der Waals surface area contributed by atoms with Crippen LogP contribution in [-0.4, -0.2) is 44.0 Å². The Balaban J connectivity index is 1.63. The quantitative estimate of drug-likeness (QED) is 0.678. The van der Waals surface area contributed by atoms with E-state index in [-0.39, 0.29) is 12.6 Å². The van der Waals surface area contributed by atoms with E-state index in [9.17, 15) is 8.42 Å². The number of hydrogen-bond donors (Lipinski definition) is 2. The number of aromatic nitrogens is 2. The van der Waals surface area contributed by atoms with Crippen molar-refractivity contribution in [2.24, 2.45) is 0 Å². The van der Waals surface area contributed by atoms with Gasteiger partial charge in [0.25, 0.3) is 0 Å². The molecule has 1 fully saturated rings. The Labute approximate surface area is 157 Å². The predicted octanol–water partition coefficient (Wildman–Crippen LogP) is 2.45. The molecule has 142 valence electrons. The summed E-state index contributed by atoms with van der Waals surface area (Å²) in [6.07, 6.45) is 5.73. The van der Waals surface area contributed by atoms with Gasteiger partial charge in [0.1, 0.15) is 17.5 Å². The second-order valence-corrected chi connectivity index (χ2v) is 8.46. The summed E-state index contributed by atoms with van der Waals surface area (Å²) in [7, 11) is -3.21. The number of hydrogen-bond acceptors (Lipinski definition) is 5. The van der Waals surface area contributed by atoms with Crippen LogP contribution in [0.1, 0.15) is 12.0 Å². The van der Waals surface area contributed by atoms with Gasteiger partial charge in [0.2, 0.25) is 10.0 Å². The largest absolute Gasteiger partial charge is 0.487 e. The fourth-order valence-electron chi connectivity index (χ4n) is 3.15. The molecular formula is C19H21N3O4S. The van der Waals surface area contributed by atoms with Crippen LogP contribution in [0.2, 0.25) is 0 Å². The Morgan fingerprint density at radius 1 is 1.30 bits per heavy atom. The molecule has 0 spiro atoms. The zero-order chi connectivity index (χ0) is 18.9. The van der Waals surface area contributed by atoms with E-state index in [4.69, 9.17) is 9.47 Å². The van der Waals surface area contributed by atoms with Gasteiger partial charge >= 0.3 is 0 Å². The molecule has 1 saturated heterocycles. The molecule has 3 aromatic rings. The first-order chi connectivity index (χ1) is 13.0. The number of rotatable bonds is 6.